The molecular weight excluding hydrogens is 249 g/mol. The van der Waals surface area contributed by atoms with Crippen LogP contribution in [0.3, 0.4) is 0 Å². The highest BCUT2D eigenvalue weighted by Crippen LogP contribution is 2.29. The summed E-state index contributed by atoms with van der Waals surface area (Å²) < 4.78 is 47.7. The van der Waals surface area contributed by atoms with E-state index >= 15 is 0 Å². The molecule has 6 heteroatoms. The van der Waals surface area contributed by atoms with Crippen molar-refractivity contribution in [1.29, 1.82) is 0 Å². The Balaban J connectivity index is 2.95. The lowest BCUT2D eigenvalue weighted by Crippen LogP contribution is -2.04. The molecule has 0 aliphatic heterocycles. The molecule has 1 aromatic rings. The molecule has 15 heavy (non-hydrogen) atoms. The Morgan fingerprint density at radius 3 is 2.13 bits per heavy atom. The largest absolute Gasteiger partial charge is 0.416 e. The van der Waals surface area contributed by atoms with Crippen molar-refractivity contribution in [1.82, 2.24) is 0 Å². The summed E-state index contributed by atoms with van der Waals surface area (Å²) >= 11 is 5.20. The number of rotatable bonds is 2. The van der Waals surface area contributed by atoms with Gasteiger partial charge in [-0.3, -0.25) is 0 Å². The highest BCUT2D eigenvalue weighted by molar-refractivity contribution is 7.88. The van der Waals surface area contributed by atoms with E-state index in [9.17, 15) is 17.4 Å². The number of benzene rings is 1. The van der Waals surface area contributed by atoms with Crippen LogP contribution in [0, 0.1) is 0 Å². The minimum atomic E-state index is -4.37. The molecule has 0 radical (unpaired) electrons. The lowest BCUT2D eigenvalue weighted by atomic mass is 10.2. The molecule has 0 N–H and O–H groups in total. The number of hydrogen-bond donors (Lipinski definition) is 0. The van der Waals surface area contributed by atoms with E-state index in [0.29, 0.717) is 0 Å². The second kappa shape index (κ2) is 4.81. The lowest BCUT2D eigenvalue weighted by Gasteiger charge is -2.06. The van der Waals surface area contributed by atoms with Gasteiger partial charge in [-0.2, -0.15) is 13.2 Å². The zero-order chi connectivity index (χ0) is 11.5. The van der Waals surface area contributed by atoms with Gasteiger partial charge < -0.3 is 0 Å². The maximum Gasteiger partial charge on any atom is 0.416 e. The molecule has 1 aromatic carbocycles. The van der Waals surface area contributed by atoms with Crippen molar-refractivity contribution < 1.29 is 17.4 Å². The van der Waals surface area contributed by atoms with Crippen molar-refractivity contribution in [3.63, 3.8) is 0 Å². The van der Waals surface area contributed by atoms with Crippen molar-refractivity contribution in [3.8, 4) is 0 Å². The first-order valence-electron chi connectivity index (χ1n) is 3.80. The van der Waals surface area contributed by atoms with Gasteiger partial charge in [-0.15, -0.1) is 0 Å². The topological polar surface area (TPSA) is 17.1 Å². The molecule has 1 atom stereocenters. The SMILES string of the molecule is O=S(/C=C/Cl)c1ccc(C(F)(F)F)cc1. The second-order valence-corrected chi connectivity index (χ2v) is 4.17. The van der Waals surface area contributed by atoms with Crippen LogP contribution in [0.15, 0.2) is 40.1 Å². The molecular formula is C9H6ClF3OS. The Hall–Kier alpha value is -0.810. The van der Waals surface area contributed by atoms with E-state index in [2.05, 4.69) is 0 Å². The summed E-state index contributed by atoms with van der Waals surface area (Å²) in [7, 11) is -1.50. The van der Waals surface area contributed by atoms with Gasteiger partial charge in [-0.25, -0.2) is 4.21 Å². The summed E-state index contributed by atoms with van der Waals surface area (Å²) in [5, 5.41) is 1.18. The predicted octanol–water partition coefficient (Wildman–Crippen LogP) is 3.52. The predicted molar refractivity (Wildman–Crippen MR) is 52.8 cm³/mol. The zero-order valence-corrected chi connectivity index (χ0v) is 8.86. The van der Waals surface area contributed by atoms with E-state index in [1.54, 1.807) is 0 Å². The number of hydrogen-bond acceptors (Lipinski definition) is 1. The van der Waals surface area contributed by atoms with Gasteiger partial charge in [0.25, 0.3) is 0 Å². The Morgan fingerprint density at radius 1 is 1.20 bits per heavy atom. The summed E-state index contributed by atoms with van der Waals surface area (Å²) in [5.41, 5.74) is 0.298. The van der Waals surface area contributed by atoms with Crippen LogP contribution >= 0.6 is 11.6 Å². The number of halogens is 4. The molecule has 1 nitrogen and oxygen atoms in total. The average Bonchev–Trinajstić information content (AvgIpc) is 2.17. The van der Waals surface area contributed by atoms with Crippen LogP contribution in [0.1, 0.15) is 5.56 Å². The van der Waals surface area contributed by atoms with Crippen LogP contribution in [-0.4, -0.2) is 4.21 Å². The fourth-order valence-corrected chi connectivity index (χ4v) is 1.84. The molecule has 0 spiro atoms. The van der Waals surface area contributed by atoms with Crippen LogP contribution in [0.5, 0.6) is 0 Å². The van der Waals surface area contributed by atoms with Crippen LogP contribution in [0.4, 0.5) is 13.2 Å². The van der Waals surface area contributed by atoms with Crippen LogP contribution < -0.4 is 0 Å². The van der Waals surface area contributed by atoms with Gasteiger partial charge in [-0.05, 0) is 24.3 Å². The van der Waals surface area contributed by atoms with Crippen LogP contribution in [0.2, 0.25) is 0 Å². The third-order valence-corrected chi connectivity index (χ3v) is 2.98. The minimum Gasteiger partial charge on any atom is -0.250 e. The quantitative estimate of drug-likeness (QED) is 0.789. The van der Waals surface area contributed by atoms with Crippen molar-refractivity contribution in [2.45, 2.75) is 11.1 Å². The molecule has 1 rings (SSSR count). The van der Waals surface area contributed by atoms with E-state index in [4.69, 9.17) is 11.6 Å². The smallest absolute Gasteiger partial charge is 0.250 e. The average molecular weight is 255 g/mol. The summed E-state index contributed by atoms with van der Waals surface area (Å²) in [6, 6.07) is 4.09. The Kier molecular flexibility index (Phi) is 3.93. The van der Waals surface area contributed by atoms with E-state index in [-0.39, 0.29) is 4.90 Å². The third-order valence-electron chi connectivity index (χ3n) is 1.59. The highest BCUT2D eigenvalue weighted by atomic mass is 35.5. The van der Waals surface area contributed by atoms with Crippen LogP contribution in [0.25, 0.3) is 0 Å². The van der Waals surface area contributed by atoms with Gasteiger partial charge in [0, 0.05) is 15.8 Å². The molecule has 0 amide bonds. The molecule has 1 unspecified atom stereocenters. The second-order valence-electron chi connectivity index (χ2n) is 2.58. The van der Waals surface area contributed by atoms with Gasteiger partial charge in [-0.1, -0.05) is 11.6 Å². The molecule has 0 aliphatic rings. The van der Waals surface area contributed by atoms with E-state index in [1.807, 2.05) is 0 Å². The van der Waals surface area contributed by atoms with Gasteiger partial charge >= 0.3 is 6.18 Å². The fourth-order valence-electron chi connectivity index (χ4n) is 0.903. The maximum absolute atomic E-state index is 12.2. The minimum absolute atomic E-state index is 0.278. The fraction of sp³-hybridized carbons (Fsp3) is 0.111. The molecule has 0 heterocycles. The molecule has 0 saturated carbocycles. The van der Waals surface area contributed by atoms with Gasteiger partial charge in [0.05, 0.1) is 16.4 Å². The summed E-state index contributed by atoms with van der Waals surface area (Å²) in [5.74, 6) is 0. The Morgan fingerprint density at radius 2 is 1.73 bits per heavy atom. The van der Waals surface area contributed by atoms with Crippen LogP contribution in [-0.2, 0) is 17.0 Å². The Bertz CT molecular complexity index is 383. The lowest BCUT2D eigenvalue weighted by molar-refractivity contribution is -0.137. The van der Waals surface area contributed by atoms with E-state index in [0.717, 1.165) is 29.8 Å². The Labute approximate surface area is 92.0 Å². The molecule has 82 valence electrons. The highest BCUT2D eigenvalue weighted by Gasteiger charge is 2.30. The number of alkyl halides is 3. The van der Waals surface area contributed by atoms with Crippen molar-refractivity contribution >= 4 is 22.4 Å². The third kappa shape index (κ3) is 3.35. The monoisotopic (exact) mass is 254 g/mol. The molecule has 0 aliphatic carbocycles. The summed E-state index contributed by atoms with van der Waals surface area (Å²) in [4.78, 5) is 0.278. The van der Waals surface area contributed by atoms with Gasteiger partial charge in [0.2, 0.25) is 0 Å². The zero-order valence-electron chi connectivity index (χ0n) is 7.29. The molecule has 0 aromatic heterocycles. The molecule has 0 saturated heterocycles. The van der Waals surface area contributed by atoms with Crippen molar-refractivity contribution in [2.75, 3.05) is 0 Å². The van der Waals surface area contributed by atoms with Crippen molar-refractivity contribution in [3.05, 3.63) is 40.8 Å². The first kappa shape index (κ1) is 12.3. The first-order valence-corrected chi connectivity index (χ1v) is 5.45. The van der Waals surface area contributed by atoms with Gasteiger partial charge in [0.15, 0.2) is 0 Å². The maximum atomic E-state index is 12.2. The standard InChI is InChI=1S/C9H6ClF3OS/c10-5-6-15(14)8-3-1-7(2-4-8)9(11,12)13/h1-6H/b6-5+. The summed E-state index contributed by atoms with van der Waals surface area (Å²) in [6.07, 6.45) is -4.37. The van der Waals surface area contributed by atoms with Crippen molar-refractivity contribution in [2.24, 2.45) is 0 Å². The van der Waals surface area contributed by atoms with Gasteiger partial charge in [0.1, 0.15) is 0 Å². The van der Waals surface area contributed by atoms with E-state index in [1.165, 1.54) is 5.41 Å². The molecule has 0 fully saturated rings. The molecule has 0 bridgehead atoms. The van der Waals surface area contributed by atoms with E-state index < -0.39 is 22.5 Å². The summed E-state index contributed by atoms with van der Waals surface area (Å²) in [6.45, 7) is 0. The first-order chi connectivity index (χ1) is 6.95. The normalized spacial score (nSPS) is 14.4.